The average Bonchev–Trinajstić information content (AvgIpc) is 3.24. The summed E-state index contributed by atoms with van der Waals surface area (Å²) in [5.74, 6) is -0.117. The molecular formula is C23H29N3O2. The molecule has 2 aromatic rings. The summed E-state index contributed by atoms with van der Waals surface area (Å²) in [5.41, 5.74) is 3.09. The Labute approximate surface area is 167 Å². The quantitative estimate of drug-likeness (QED) is 0.794. The van der Waals surface area contributed by atoms with Crippen LogP contribution in [-0.4, -0.2) is 31.4 Å². The molecule has 1 fully saturated rings. The number of benzene rings is 2. The fraction of sp³-hybridized carbons (Fsp3) is 0.391. The Morgan fingerprint density at radius 2 is 1.68 bits per heavy atom. The third kappa shape index (κ3) is 5.12. The molecule has 5 nitrogen and oxygen atoms in total. The topological polar surface area (TPSA) is 52.7 Å². The lowest BCUT2D eigenvalue weighted by Crippen LogP contribution is -2.34. The van der Waals surface area contributed by atoms with E-state index in [2.05, 4.69) is 22.3 Å². The van der Waals surface area contributed by atoms with Gasteiger partial charge in [0, 0.05) is 44.4 Å². The van der Waals surface area contributed by atoms with E-state index in [1.807, 2.05) is 49.4 Å². The van der Waals surface area contributed by atoms with Crippen molar-refractivity contribution in [3.63, 3.8) is 0 Å². The summed E-state index contributed by atoms with van der Waals surface area (Å²) in [5, 5.41) is 3.00. The summed E-state index contributed by atoms with van der Waals surface area (Å²) in [6.45, 7) is 6.06. The summed E-state index contributed by atoms with van der Waals surface area (Å²) >= 11 is 0. The fourth-order valence-corrected chi connectivity index (χ4v) is 3.64. The predicted octanol–water partition coefficient (Wildman–Crippen LogP) is 3.91. The van der Waals surface area contributed by atoms with Crippen LogP contribution in [0.2, 0.25) is 0 Å². The summed E-state index contributed by atoms with van der Waals surface area (Å²) in [7, 11) is 0. The molecule has 28 heavy (non-hydrogen) atoms. The molecule has 0 spiro atoms. The number of carbonyl (C=O) groups excluding carboxylic acids is 2. The van der Waals surface area contributed by atoms with Crippen molar-refractivity contribution in [2.24, 2.45) is 0 Å². The van der Waals surface area contributed by atoms with Gasteiger partial charge in [-0.2, -0.15) is 0 Å². The molecule has 1 aliphatic heterocycles. The van der Waals surface area contributed by atoms with Crippen molar-refractivity contribution < 1.29 is 9.59 Å². The van der Waals surface area contributed by atoms with Crippen LogP contribution < -0.4 is 15.1 Å². The first-order valence-corrected chi connectivity index (χ1v) is 10.0. The third-order valence-corrected chi connectivity index (χ3v) is 5.25. The first-order chi connectivity index (χ1) is 13.5. The van der Waals surface area contributed by atoms with Gasteiger partial charge in [-0.05, 0) is 49.6 Å². The van der Waals surface area contributed by atoms with E-state index in [4.69, 9.17) is 0 Å². The number of nitrogens with one attached hydrogen (secondary N) is 1. The van der Waals surface area contributed by atoms with Crippen molar-refractivity contribution in [1.82, 2.24) is 5.32 Å². The van der Waals surface area contributed by atoms with E-state index in [0.717, 1.165) is 24.3 Å². The van der Waals surface area contributed by atoms with E-state index >= 15 is 0 Å². The van der Waals surface area contributed by atoms with Gasteiger partial charge in [0.15, 0.2) is 0 Å². The van der Waals surface area contributed by atoms with Gasteiger partial charge in [0.05, 0.1) is 6.04 Å². The largest absolute Gasteiger partial charge is 0.372 e. The SMILES string of the molecule is CC(=O)N(CCC(=O)NC(C)c1ccccc1)c1ccc(N2CCCC2)cc1. The van der Waals surface area contributed by atoms with Gasteiger partial charge < -0.3 is 15.1 Å². The van der Waals surface area contributed by atoms with Crippen molar-refractivity contribution in [1.29, 1.82) is 0 Å². The Morgan fingerprint density at radius 1 is 1.04 bits per heavy atom. The number of hydrogen-bond donors (Lipinski definition) is 1. The summed E-state index contributed by atoms with van der Waals surface area (Å²) < 4.78 is 0. The lowest BCUT2D eigenvalue weighted by atomic mass is 10.1. The molecule has 2 aromatic carbocycles. The highest BCUT2D eigenvalue weighted by Crippen LogP contribution is 2.24. The molecule has 1 saturated heterocycles. The summed E-state index contributed by atoms with van der Waals surface area (Å²) in [6, 6.07) is 17.9. The molecule has 0 radical (unpaired) electrons. The third-order valence-electron chi connectivity index (χ3n) is 5.25. The maximum atomic E-state index is 12.4. The molecule has 1 N–H and O–H groups in total. The van der Waals surface area contributed by atoms with Crippen LogP contribution in [0.4, 0.5) is 11.4 Å². The van der Waals surface area contributed by atoms with Crippen molar-refractivity contribution >= 4 is 23.2 Å². The maximum Gasteiger partial charge on any atom is 0.223 e. The van der Waals surface area contributed by atoms with Gasteiger partial charge in [-0.25, -0.2) is 0 Å². The smallest absolute Gasteiger partial charge is 0.223 e. The van der Waals surface area contributed by atoms with Crippen LogP contribution in [0.5, 0.6) is 0 Å². The Hall–Kier alpha value is -2.82. The second-order valence-electron chi connectivity index (χ2n) is 7.33. The van der Waals surface area contributed by atoms with Gasteiger partial charge in [0.25, 0.3) is 0 Å². The zero-order valence-electron chi connectivity index (χ0n) is 16.7. The predicted molar refractivity (Wildman–Crippen MR) is 114 cm³/mol. The van der Waals surface area contributed by atoms with Gasteiger partial charge in [0.1, 0.15) is 0 Å². The number of hydrogen-bond acceptors (Lipinski definition) is 3. The zero-order chi connectivity index (χ0) is 19.9. The Bertz CT molecular complexity index is 783. The van der Waals surface area contributed by atoms with Crippen LogP contribution >= 0.6 is 0 Å². The number of rotatable bonds is 7. The highest BCUT2D eigenvalue weighted by atomic mass is 16.2. The van der Waals surface area contributed by atoms with Crippen LogP contribution in [0.25, 0.3) is 0 Å². The Balaban J connectivity index is 1.57. The van der Waals surface area contributed by atoms with Crippen LogP contribution in [0.1, 0.15) is 44.7 Å². The molecule has 0 aromatic heterocycles. The number of nitrogens with zero attached hydrogens (tertiary/aromatic N) is 2. The normalized spacial score (nSPS) is 14.6. The molecule has 148 valence electrons. The lowest BCUT2D eigenvalue weighted by molar-refractivity contribution is -0.121. The molecule has 2 amide bonds. The minimum absolute atomic E-state index is 0.0563. The highest BCUT2D eigenvalue weighted by Gasteiger charge is 2.17. The van der Waals surface area contributed by atoms with Crippen LogP contribution in [-0.2, 0) is 9.59 Å². The molecule has 0 aliphatic carbocycles. The highest BCUT2D eigenvalue weighted by molar-refractivity contribution is 5.92. The molecular weight excluding hydrogens is 350 g/mol. The average molecular weight is 380 g/mol. The van der Waals surface area contributed by atoms with E-state index in [-0.39, 0.29) is 24.3 Å². The second-order valence-corrected chi connectivity index (χ2v) is 7.33. The first-order valence-electron chi connectivity index (χ1n) is 10.0. The van der Waals surface area contributed by atoms with E-state index < -0.39 is 0 Å². The van der Waals surface area contributed by atoms with Gasteiger partial charge in [0.2, 0.25) is 11.8 Å². The van der Waals surface area contributed by atoms with E-state index in [1.54, 1.807) is 11.8 Å². The molecule has 1 heterocycles. The Kier molecular flexibility index (Phi) is 6.69. The van der Waals surface area contributed by atoms with Crippen LogP contribution in [0.15, 0.2) is 54.6 Å². The fourth-order valence-electron chi connectivity index (χ4n) is 3.64. The monoisotopic (exact) mass is 379 g/mol. The van der Waals surface area contributed by atoms with E-state index in [1.165, 1.54) is 18.5 Å². The maximum absolute atomic E-state index is 12.4. The van der Waals surface area contributed by atoms with Gasteiger partial charge in [-0.15, -0.1) is 0 Å². The van der Waals surface area contributed by atoms with Gasteiger partial charge in [-0.1, -0.05) is 30.3 Å². The van der Waals surface area contributed by atoms with Gasteiger partial charge >= 0.3 is 0 Å². The minimum Gasteiger partial charge on any atom is -0.372 e. The molecule has 5 heteroatoms. The number of carbonyl (C=O) groups is 2. The second kappa shape index (κ2) is 9.40. The van der Waals surface area contributed by atoms with Crippen molar-refractivity contribution in [3.05, 3.63) is 60.2 Å². The molecule has 0 saturated carbocycles. The van der Waals surface area contributed by atoms with Crippen molar-refractivity contribution in [2.75, 3.05) is 29.4 Å². The van der Waals surface area contributed by atoms with Crippen molar-refractivity contribution in [2.45, 2.75) is 39.2 Å². The molecule has 3 rings (SSSR count). The number of amides is 2. The van der Waals surface area contributed by atoms with E-state index in [0.29, 0.717) is 6.54 Å². The van der Waals surface area contributed by atoms with E-state index in [9.17, 15) is 9.59 Å². The zero-order valence-corrected chi connectivity index (χ0v) is 16.7. The molecule has 1 aliphatic rings. The molecule has 1 unspecified atom stereocenters. The standard InChI is InChI=1S/C23H29N3O2/c1-18(20-8-4-3-5-9-20)24-23(28)14-17-26(19(2)27)22-12-10-21(11-13-22)25-15-6-7-16-25/h3-5,8-13,18H,6-7,14-17H2,1-2H3,(H,24,28). The van der Waals surface area contributed by atoms with Crippen LogP contribution in [0.3, 0.4) is 0 Å². The summed E-state index contributed by atoms with van der Waals surface area (Å²) in [6.07, 6.45) is 2.74. The lowest BCUT2D eigenvalue weighted by Gasteiger charge is -2.23. The number of anilines is 2. The minimum atomic E-state index is -0.0590. The first kappa shape index (κ1) is 19.9. The Morgan fingerprint density at radius 3 is 2.29 bits per heavy atom. The van der Waals surface area contributed by atoms with Gasteiger partial charge in [-0.3, -0.25) is 9.59 Å². The van der Waals surface area contributed by atoms with Crippen LogP contribution in [0, 0.1) is 0 Å². The van der Waals surface area contributed by atoms with Crippen molar-refractivity contribution in [3.8, 4) is 0 Å². The molecule has 0 bridgehead atoms. The molecule has 1 atom stereocenters. The summed E-state index contributed by atoms with van der Waals surface area (Å²) in [4.78, 5) is 28.5.